The first-order valence-corrected chi connectivity index (χ1v) is 6.97. The molecule has 3 N–H and O–H groups in total. The maximum Gasteiger partial charge on any atom is 0.184 e. The number of hydrogen-bond donors (Lipinski definition) is 2. The van der Waals surface area contributed by atoms with Crippen molar-refractivity contribution in [2.45, 2.75) is 0 Å². The summed E-state index contributed by atoms with van der Waals surface area (Å²) in [5.41, 5.74) is 10.6. The minimum absolute atomic E-state index is 0.105. The van der Waals surface area contributed by atoms with Crippen molar-refractivity contribution in [1.29, 1.82) is 0 Å². The molecule has 0 radical (unpaired) electrons. The smallest absolute Gasteiger partial charge is 0.184 e. The van der Waals surface area contributed by atoms with Crippen LogP contribution in [0.25, 0.3) is 0 Å². The summed E-state index contributed by atoms with van der Waals surface area (Å²) < 4.78 is 10.6. The molecule has 0 atom stereocenters. The first-order valence-electron chi connectivity index (χ1n) is 6.56. The summed E-state index contributed by atoms with van der Waals surface area (Å²) in [7, 11) is 3.19. The lowest BCUT2D eigenvalue weighted by atomic mass is 10.0. The van der Waals surface area contributed by atoms with Crippen LogP contribution < -0.4 is 20.6 Å². The first kappa shape index (κ1) is 15.8. The van der Waals surface area contributed by atoms with Crippen molar-refractivity contribution >= 4 is 23.0 Å². The monoisotopic (exact) mass is 315 g/mol. The van der Waals surface area contributed by atoms with Crippen molar-refractivity contribution in [3.8, 4) is 11.5 Å². The van der Waals surface area contributed by atoms with E-state index in [1.807, 2.05) is 48.5 Å². The number of nitrogens with one attached hydrogen (secondary N) is 1. The van der Waals surface area contributed by atoms with E-state index in [-0.39, 0.29) is 5.11 Å². The molecule has 0 heterocycles. The molecular formula is C16H17N3O2S. The molecule has 0 saturated carbocycles. The average Bonchev–Trinajstić information content (AvgIpc) is 2.55. The lowest BCUT2D eigenvalue weighted by Gasteiger charge is -2.12. The molecular weight excluding hydrogens is 298 g/mol. The van der Waals surface area contributed by atoms with Gasteiger partial charge in [-0.1, -0.05) is 30.3 Å². The fourth-order valence-electron chi connectivity index (χ4n) is 1.99. The van der Waals surface area contributed by atoms with Crippen molar-refractivity contribution in [2.24, 2.45) is 10.8 Å². The predicted octanol–water partition coefficient (Wildman–Crippen LogP) is 2.29. The van der Waals surface area contributed by atoms with Gasteiger partial charge >= 0.3 is 0 Å². The Bertz CT molecular complexity index is 687. The zero-order valence-corrected chi connectivity index (χ0v) is 13.2. The van der Waals surface area contributed by atoms with Gasteiger partial charge in [-0.25, -0.2) is 0 Å². The number of nitrogens with zero attached hydrogens (tertiary/aromatic N) is 1. The second-order valence-electron chi connectivity index (χ2n) is 4.37. The Morgan fingerprint density at radius 1 is 1.00 bits per heavy atom. The number of nitrogens with two attached hydrogens (primary N) is 1. The number of thiocarbonyl (C=S) groups is 1. The van der Waals surface area contributed by atoms with E-state index in [9.17, 15) is 0 Å². The van der Waals surface area contributed by atoms with E-state index >= 15 is 0 Å². The topological polar surface area (TPSA) is 68.9 Å². The van der Waals surface area contributed by atoms with Gasteiger partial charge in [0.2, 0.25) is 0 Å². The Labute approximate surface area is 134 Å². The predicted molar refractivity (Wildman–Crippen MR) is 91.5 cm³/mol. The SMILES string of the molecule is COc1ccc(/C(=N\NC(N)=S)c2ccccc2)cc1OC. The fourth-order valence-corrected chi connectivity index (χ4v) is 2.03. The van der Waals surface area contributed by atoms with Crippen molar-refractivity contribution in [1.82, 2.24) is 5.43 Å². The largest absolute Gasteiger partial charge is 0.493 e. The van der Waals surface area contributed by atoms with Crippen LogP contribution in [-0.2, 0) is 0 Å². The quantitative estimate of drug-likeness (QED) is 0.503. The van der Waals surface area contributed by atoms with Crippen LogP contribution in [0.4, 0.5) is 0 Å². The van der Waals surface area contributed by atoms with Crippen LogP contribution in [0.1, 0.15) is 11.1 Å². The molecule has 0 aromatic heterocycles. The second-order valence-corrected chi connectivity index (χ2v) is 4.81. The third kappa shape index (κ3) is 3.73. The maximum atomic E-state index is 5.47. The van der Waals surface area contributed by atoms with Crippen molar-refractivity contribution in [3.05, 3.63) is 59.7 Å². The number of hydrazone groups is 1. The van der Waals surface area contributed by atoms with E-state index in [2.05, 4.69) is 10.5 Å². The van der Waals surface area contributed by atoms with Crippen LogP contribution in [0.3, 0.4) is 0 Å². The number of rotatable bonds is 5. The highest BCUT2D eigenvalue weighted by Crippen LogP contribution is 2.28. The van der Waals surface area contributed by atoms with Gasteiger partial charge in [-0.2, -0.15) is 5.10 Å². The van der Waals surface area contributed by atoms with Crippen molar-refractivity contribution in [2.75, 3.05) is 14.2 Å². The van der Waals surface area contributed by atoms with E-state index in [0.29, 0.717) is 17.2 Å². The van der Waals surface area contributed by atoms with E-state index in [4.69, 9.17) is 27.4 Å². The van der Waals surface area contributed by atoms with Crippen molar-refractivity contribution < 1.29 is 9.47 Å². The summed E-state index contributed by atoms with van der Waals surface area (Å²) in [5.74, 6) is 1.28. The third-order valence-corrected chi connectivity index (χ3v) is 3.07. The third-order valence-electron chi connectivity index (χ3n) is 2.98. The second kappa shape index (κ2) is 7.42. The molecule has 2 rings (SSSR count). The minimum Gasteiger partial charge on any atom is -0.493 e. The maximum absolute atomic E-state index is 5.47. The molecule has 114 valence electrons. The Balaban J connectivity index is 2.50. The summed E-state index contributed by atoms with van der Waals surface area (Å²) in [6, 6.07) is 15.3. The fraction of sp³-hybridized carbons (Fsp3) is 0.125. The highest BCUT2D eigenvalue weighted by molar-refractivity contribution is 7.80. The molecule has 0 unspecified atom stereocenters. The van der Waals surface area contributed by atoms with Crippen LogP contribution in [0.15, 0.2) is 53.6 Å². The van der Waals surface area contributed by atoms with Crippen LogP contribution in [0, 0.1) is 0 Å². The molecule has 0 saturated heterocycles. The lowest BCUT2D eigenvalue weighted by Crippen LogP contribution is -2.26. The molecule has 0 aliphatic rings. The number of benzene rings is 2. The number of ether oxygens (including phenoxy) is 2. The normalized spacial score (nSPS) is 10.9. The van der Waals surface area contributed by atoms with Crippen LogP contribution in [0.5, 0.6) is 11.5 Å². The molecule has 0 aliphatic carbocycles. The van der Waals surface area contributed by atoms with Gasteiger partial charge in [-0.05, 0) is 30.4 Å². The molecule has 0 aliphatic heterocycles. The van der Waals surface area contributed by atoms with E-state index in [1.165, 1.54) is 0 Å². The standard InChI is InChI=1S/C16H17N3O2S/c1-20-13-9-8-12(10-14(13)21-2)15(18-19-16(17)22)11-6-4-3-5-7-11/h3-10H,1-2H3,(H3,17,19,22)/b18-15-. The molecule has 5 nitrogen and oxygen atoms in total. The van der Waals surface area contributed by atoms with Gasteiger partial charge in [0, 0.05) is 11.1 Å². The Hall–Kier alpha value is -2.60. The molecule has 0 fully saturated rings. The highest BCUT2D eigenvalue weighted by atomic mass is 32.1. The van der Waals surface area contributed by atoms with Gasteiger partial charge in [0.15, 0.2) is 16.6 Å². The van der Waals surface area contributed by atoms with Gasteiger partial charge in [0.1, 0.15) is 0 Å². The summed E-state index contributed by atoms with van der Waals surface area (Å²) in [5, 5.41) is 4.40. The Kier molecular flexibility index (Phi) is 5.32. The molecule has 2 aromatic rings. The average molecular weight is 315 g/mol. The number of methoxy groups -OCH3 is 2. The van der Waals surface area contributed by atoms with E-state index < -0.39 is 0 Å². The lowest BCUT2D eigenvalue weighted by molar-refractivity contribution is 0.355. The molecule has 2 aromatic carbocycles. The number of hydrogen-bond acceptors (Lipinski definition) is 4. The Morgan fingerprint density at radius 3 is 2.27 bits per heavy atom. The van der Waals surface area contributed by atoms with Gasteiger partial charge in [-0.3, -0.25) is 5.43 Å². The molecule has 22 heavy (non-hydrogen) atoms. The van der Waals surface area contributed by atoms with E-state index in [1.54, 1.807) is 14.2 Å². The van der Waals surface area contributed by atoms with Gasteiger partial charge < -0.3 is 15.2 Å². The molecule has 6 heteroatoms. The van der Waals surface area contributed by atoms with Crippen LogP contribution in [0.2, 0.25) is 0 Å². The first-order chi connectivity index (χ1) is 10.7. The molecule has 0 bridgehead atoms. The van der Waals surface area contributed by atoms with Gasteiger partial charge in [0.05, 0.1) is 19.9 Å². The zero-order valence-electron chi connectivity index (χ0n) is 12.4. The summed E-state index contributed by atoms with van der Waals surface area (Å²) >= 11 is 4.82. The van der Waals surface area contributed by atoms with Gasteiger partial charge in [0.25, 0.3) is 0 Å². The van der Waals surface area contributed by atoms with Gasteiger partial charge in [-0.15, -0.1) is 0 Å². The van der Waals surface area contributed by atoms with Crippen LogP contribution >= 0.6 is 12.2 Å². The molecule has 0 spiro atoms. The minimum atomic E-state index is 0.105. The zero-order chi connectivity index (χ0) is 15.9. The summed E-state index contributed by atoms with van der Waals surface area (Å²) in [6.07, 6.45) is 0. The van der Waals surface area contributed by atoms with Crippen LogP contribution in [-0.4, -0.2) is 25.0 Å². The Morgan fingerprint density at radius 2 is 1.68 bits per heavy atom. The highest BCUT2D eigenvalue weighted by Gasteiger charge is 2.11. The summed E-state index contributed by atoms with van der Waals surface area (Å²) in [6.45, 7) is 0. The van der Waals surface area contributed by atoms with E-state index in [0.717, 1.165) is 11.1 Å². The molecule has 0 amide bonds. The van der Waals surface area contributed by atoms with Crippen molar-refractivity contribution in [3.63, 3.8) is 0 Å². The summed E-state index contributed by atoms with van der Waals surface area (Å²) in [4.78, 5) is 0.